The van der Waals surface area contributed by atoms with Gasteiger partial charge >= 0.3 is 0 Å². The molecule has 2 rings (SSSR count). The van der Waals surface area contributed by atoms with Crippen molar-refractivity contribution in [3.05, 3.63) is 29.1 Å². The van der Waals surface area contributed by atoms with E-state index in [1.54, 1.807) is 19.2 Å². The van der Waals surface area contributed by atoms with E-state index in [1.165, 1.54) is 0 Å². The van der Waals surface area contributed by atoms with E-state index in [0.717, 1.165) is 12.0 Å². The van der Waals surface area contributed by atoms with Crippen molar-refractivity contribution in [3.8, 4) is 17.1 Å². The highest BCUT2D eigenvalue weighted by molar-refractivity contribution is 6.30. The number of nitrogens with two attached hydrogens (primary N) is 1. The molecular formula is C14H18ClN3O2. The van der Waals surface area contributed by atoms with Crippen LogP contribution in [0.5, 0.6) is 5.75 Å². The van der Waals surface area contributed by atoms with Crippen molar-refractivity contribution in [2.24, 2.45) is 11.7 Å². The first-order chi connectivity index (χ1) is 9.67. The summed E-state index contributed by atoms with van der Waals surface area (Å²) in [7, 11) is 1.58. The van der Waals surface area contributed by atoms with Crippen molar-refractivity contribution < 1.29 is 9.26 Å². The number of methoxy groups -OCH3 is 1. The number of halogens is 1. The van der Waals surface area contributed by atoms with Crippen LogP contribution in [0.25, 0.3) is 11.4 Å². The summed E-state index contributed by atoms with van der Waals surface area (Å²) in [5, 5.41) is 4.60. The lowest BCUT2D eigenvalue weighted by molar-refractivity contribution is 0.350. The Hall–Kier alpha value is -1.59. The van der Waals surface area contributed by atoms with Crippen molar-refractivity contribution in [2.75, 3.05) is 13.7 Å². The summed E-state index contributed by atoms with van der Waals surface area (Å²) in [5.41, 5.74) is 6.44. The van der Waals surface area contributed by atoms with Gasteiger partial charge in [0.05, 0.1) is 12.7 Å². The zero-order chi connectivity index (χ0) is 14.5. The van der Waals surface area contributed by atoms with Crippen LogP contribution in [-0.4, -0.2) is 23.8 Å². The highest BCUT2D eigenvalue weighted by Crippen LogP contribution is 2.30. The predicted molar refractivity (Wildman–Crippen MR) is 77.8 cm³/mol. The summed E-state index contributed by atoms with van der Waals surface area (Å²) in [6, 6.07) is 5.31. The average Bonchev–Trinajstić information content (AvgIpc) is 2.92. The van der Waals surface area contributed by atoms with Gasteiger partial charge in [-0.2, -0.15) is 4.98 Å². The molecule has 0 radical (unpaired) electrons. The number of nitrogens with zero attached hydrogens (tertiary/aromatic N) is 2. The lowest BCUT2D eigenvalue weighted by Gasteiger charge is -2.07. The Balaban J connectivity index is 2.24. The normalized spacial score (nSPS) is 12.4. The van der Waals surface area contributed by atoms with Gasteiger partial charge in [-0.1, -0.05) is 30.1 Å². The Morgan fingerprint density at radius 2 is 2.25 bits per heavy atom. The number of benzene rings is 1. The Labute approximate surface area is 123 Å². The van der Waals surface area contributed by atoms with Crippen LogP contribution in [0.1, 0.15) is 19.2 Å². The second-order valence-electron chi connectivity index (χ2n) is 4.57. The summed E-state index contributed by atoms with van der Waals surface area (Å²) in [6.45, 7) is 2.70. The highest BCUT2D eigenvalue weighted by atomic mass is 35.5. The third-order valence-corrected chi connectivity index (χ3v) is 3.48. The minimum atomic E-state index is 0.357. The van der Waals surface area contributed by atoms with Gasteiger partial charge in [-0.05, 0) is 30.7 Å². The first-order valence-electron chi connectivity index (χ1n) is 6.54. The van der Waals surface area contributed by atoms with Gasteiger partial charge in [0.2, 0.25) is 11.7 Å². The summed E-state index contributed by atoms with van der Waals surface area (Å²) in [5.74, 6) is 2.07. The summed E-state index contributed by atoms with van der Waals surface area (Å²) in [6.07, 6.45) is 1.67. The van der Waals surface area contributed by atoms with Gasteiger partial charge in [-0.15, -0.1) is 0 Å². The molecule has 1 aromatic carbocycles. The molecule has 0 spiro atoms. The van der Waals surface area contributed by atoms with Crippen molar-refractivity contribution in [3.63, 3.8) is 0 Å². The molecule has 2 N–H and O–H groups in total. The topological polar surface area (TPSA) is 74.2 Å². The molecule has 108 valence electrons. The average molecular weight is 296 g/mol. The van der Waals surface area contributed by atoms with E-state index in [0.29, 0.717) is 41.4 Å². The fourth-order valence-electron chi connectivity index (χ4n) is 1.94. The van der Waals surface area contributed by atoms with E-state index in [9.17, 15) is 0 Å². The maximum Gasteiger partial charge on any atom is 0.227 e. The Kier molecular flexibility index (Phi) is 4.98. The molecule has 0 fully saturated rings. The van der Waals surface area contributed by atoms with Crippen molar-refractivity contribution in [1.82, 2.24) is 10.1 Å². The van der Waals surface area contributed by atoms with E-state index in [-0.39, 0.29) is 0 Å². The van der Waals surface area contributed by atoms with Crippen LogP contribution in [0.15, 0.2) is 22.7 Å². The van der Waals surface area contributed by atoms with E-state index < -0.39 is 0 Å². The van der Waals surface area contributed by atoms with E-state index in [1.807, 2.05) is 6.07 Å². The molecule has 0 saturated heterocycles. The second-order valence-corrected chi connectivity index (χ2v) is 5.01. The van der Waals surface area contributed by atoms with Crippen LogP contribution in [0.2, 0.25) is 5.02 Å². The van der Waals surface area contributed by atoms with Crippen molar-refractivity contribution >= 4 is 11.6 Å². The van der Waals surface area contributed by atoms with E-state index in [2.05, 4.69) is 17.1 Å². The monoisotopic (exact) mass is 295 g/mol. The van der Waals surface area contributed by atoms with Gasteiger partial charge in [0.1, 0.15) is 5.75 Å². The molecule has 0 bridgehead atoms. The lowest BCUT2D eigenvalue weighted by atomic mass is 10.0. The van der Waals surface area contributed by atoms with Crippen LogP contribution in [-0.2, 0) is 6.42 Å². The zero-order valence-electron chi connectivity index (χ0n) is 11.6. The Morgan fingerprint density at radius 1 is 1.45 bits per heavy atom. The van der Waals surface area contributed by atoms with E-state index in [4.69, 9.17) is 26.6 Å². The summed E-state index contributed by atoms with van der Waals surface area (Å²) >= 11 is 5.94. The molecule has 0 amide bonds. The van der Waals surface area contributed by atoms with Gasteiger partial charge in [0, 0.05) is 11.4 Å². The van der Waals surface area contributed by atoms with Gasteiger partial charge in [-0.3, -0.25) is 0 Å². The predicted octanol–water partition coefficient (Wildman–Crippen LogP) is 2.93. The van der Waals surface area contributed by atoms with Crippen LogP contribution in [0.3, 0.4) is 0 Å². The number of hydrogen-bond acceptors (Lipinski definition) is 5. The number of rotatable bonds is 6. The fraction of sp³-hybridized carbons (Fsp3) is 0.429. The van der Waals surface area contributed by atoms with Gasteiger partial charge < -0.3 is 15.0 Å². The Bertz CT molecular complexity index is 567. The first-order valence-corrected chi connectivity index (χ1v) is 6.92. The molecule has 5 nitrogen and oxygen atoms in total. The first kappa shape index (κ1) is 14.8. The molecule has 2 aromatic rings. The van der Waals surface area contributed by atoms with Gasteiger partial charge in [-0.25, -0.2) is 0 Å². The smallest absolute Gasteiger partial charge is 0.227 e. The van der Waals surface area contributed by atoms with Crippen LogP contribution in [0, 0.1) is 5.92 Å². The highest BCUT2D eigenvalue weighted by Gasteiger charge is 2.16. The lowest BCUT2D eigenvalue weighted by Crippen LogP contribution is -2.15. The largest absolute Gasteiger partial charge is 0.496 e. The van der Waals surface area contributed by atoms with E-state index >= 15 is 0 Å². The number of ether oxygens (including phenoxy) is 1. The molecule has 1 heterocycles. The number of hydrogen-bond donors (Lipinski definition) is 1. The van der Waals surface area contributed by atoms with Crippen LogP contribution in [0.4, 0.5) is 0 Å². The SMILES string of the molecule is CCC(CN)Cc1nc(-c2ccc(Cl)cc2OC)no1. The molecule has 0 aliphatic carbocycles. The fourth-order valence-corrected chi connectivity index (χ4v) is 2.10. The molecule has 0 aliphatic heterocycles. The molecule has 0 aliphatic rings. The van der Waals surface area contributed by atoms with Crippen molar-refractivity contribution in [1.29, 1.82) is 0 Å². The standard InChI is InChI=1S/C14H18ClN3O2/c1-3-9(8-16)6-13-17-14(18-20-13)11-5-4-10(15)7-12(11)19-2/h4-5,7,9H,3,6,8,16H2,1-2H3. The minimum absolute atomic E-state index is 0.357. The molecule has 1 atom stereocenters. The van der Waals surface area contributed by atoms with Gasteiger partial charge in [0.25, 0.3) is 0 Å². The van der Waals surface area contributed by atoms with Crippen LogP contribution < -0.4 is 10.5 Å². The molecular weight excluding hydrogens is 278 g/mol. The third-order valence-electron chi connectivity index (χ3n) is 3.25. The summed E-state index contributed by atoms with van der Waals surface area (Å²) < 4.78 is 10.6. The van der Waals surface area contributed by atoms with Gasteiger partial charge in [0.15, 0.2) is 0 Å². The molecule has 6 heteroatoms. The second kappa shape index (κ2) is 6.72. The third kappa shape index (κ3) is 3.29. The quantitative estimate of drug-likeness (QED) is 0.887. The molecule has 20 heavy (non-hydrogen) atoms. The molecule has 1 aromatic heterocycles. The van der Waals surface area contributed by atoms with Crippen molar-refractivity contribution in [2.45, 2.75) is 19.8 Å². The number of aromatic nitrogens is 2. The Morgan fingerprint density at radius 3 is 2.90 bits per heavy atom. The summed E-state index contributed by atoms with van der Waals surface area (Å²) in [4.78, 5) is 4.40. The molecule has 1 unspecified atom stereocenters. The molecule has 0 saturated carbocycles. The maximum absolute atomic E-state index is 5.94. The van der Waals surface area contributed by atoms with Crippen LogP contribution >= 0.6 is 11.6 Å². The zero-order valence-corrected chi connectivity index (χ0v) is 12.4. The minimum Gasteiger partial charge on any atom is -0.496 e. The maximum atomic E-state index is 5.94.